The molecule has 2 saturated heterocycles. The van der Waals surface area contributed by atoms with Crippen molar-refractivity contribution in [3.05, 3.63) is 64.7 Å². The molecule has 0 radical (unpaired) electrons. The molecule has 2 fully saturated rings. The number of fused-ring (bicyclic) bond motifs is 1. The van der Waals surface area contributed by atoms with E-state index in [1.165, 1.54) is 33.7 Å². The summed E-state index contributed by atoms with van der Waals surface area (Å²) in [6.45, 7) is 3.21. The normalized spacial score (nSPS) is 24.5. The number of carbonyl (C=O) groups excluding carboxylic acids is 4. The first-order chi connectivity index (χ1) is 17.4. The number of benzene rings is 2. The highest BCUT2D eigenvalue weighted by atomic mass is 32.2. The summed E-state index contributed by atoms with van der Waals surface area (Å²) in [6, 6.07) is 7.31. The molecule has 2 N–H and O–H groups in total. The molecule has 2 heterocycles. The molecule has 2 aliphatic heterocycles. The lowest BCUT2D eigenvalue weighted by atomic mass is 9.95. The fourth-order valence-electron chi connectivity index (χ4n) is 5.28. The zero-order valence-corrected chi connectivity index (χ0v) is 21.4. The van der Waals surface area contributed by atoms with Crippen LogP contribution in [-0.4, -0.2) is 63.2 Å². The summed E-state index contributed by atoms with van der Waals surface area (Å²) in [4.78, 5) is 53.6. The van der Waals surface area contributed by atoms with E-state index in [0.29, 0.717) is 24.3 Å². The van der Waals surface area contributed by atoms with Crippen molar-refractivity contribution in [1.29, 1.82) is 0 Å². The van der Waals surface area contributed by atoms with Crippen LogP contribution in [0.5, 0.6) is 0 Å². The van der Waals surface area contributed by atoms with Gasteiger partial charge in [-0.05, 0) is 54.8 Å². The van der Waals surface area contributed by atoms with Gasteiger partial charge in [-0.25, -0.2) is 13.6 Å². The van der Waals surface area contributed by atoms with Gasteiger partial charge in [0, 0.05) is 37.4 Å². The first-order valence-corrected chi connectivity index (χ1v) is 12.8. The number of nitrogens with zero attached hydrogens (tertiary/aromatic N) is 2. The maximum atomic E-state index is 13.9. The van der Waals surface area contributed by atoms with Gasteiger partial charge >= 0.3 is 6.03 Å². The Bertz CT molecular complexity index is 1330. The average molecular weight is 529 g/mol. The second-order valence-corrected chi connectivity index (χ2v) is 11.9. The number of thioether (sulfide) groups is 1. The fraction of sp³-hybridized carbons (Fsp3) is 0.385. The summed E-state index contributed by atoms with van der Waals surface area (Å²) in [6.07, 6.45) is 0.703. The van der Waals surface area contributed by atoms with E-state index >= 15 is 0 Å². The summed E-state index contributed by atoms with van der Waals surface area (Å²) in [7, 11) is 1.59. The lowest BCUT2D eigenvalue weighted by Crippen LogP contribution is -2.52. The van der Waals surface area contributed by atoms with Gasteiger partial charge in [0.05, 0.1) is 10.8 Å². The minimum absolute atomic E-state index is 0.290. The Kier molecular flexibility index (Phi) is 6.01. The summed E-state index contributed by atoms with van der Waals surface area (Å²) >= 11 is 1.37. The summed E-state index contributed by atoms with van der Waals surface area (Å²) in [5.74, 6) is -2.22. The number of hydrogen-bond donors (Lipinski definition) is 2. The molecule has 11 heteroatoms. The molecule has 1 spiro atoms. The smallest absolute Gasteiger partial charge is 0.324 e. The van der Waals surface area contributed by atoms with Gasteiger partial charge in [0.2, 0.25) is 11.8 Å². The topological polar surface area (TPSA) is 98.8 Å². The van der Waals surface area contributed by atoms with Crippen LogP contribution >= 0.6 is 11.8 Å². The Hall–Kier alpha value is -3.47. The molecule has 5 rings (SSSR count). The molecule has 0 saturated carbocycles. The van der Waals surface area contributed by atoms with Crippen LogP contribution in [0.1, 0.15) is 36.6 Å². The highest BCUT2D eigenvalue weighted by Crippen LogP contribution is 2.41. The summed E-state index contributed by atoms with van der Waals surface area (Å²) < 4.78 is 27.0. The average Bonchev–Trinajstić information content (AvgIpc) is 3.29. The van der Waals surface area contributed by atoms with Crippen molar-refractivity contribution in [3.63, 3.8) is 0 Å². The third-order valence-corrected chi connectivity index (χ3v) is 8.76. The molecule has 5 amide bonds. The fourth-order valence-corrected chi connectivity index (χ4v) is 6.47. The van der Waals surface area contributed by atoms with Gasteiger partial charge in [-0.1, -0.05) is 6.07 Å². The van der Waals surface area contributed by atoms with Gasteiger partial charge in [-0.2, -0.15) is 0 Å². The quantitative estimate of drug-likeness (QED) is 0.595. The molecular formula is C26H26F2N4O4S. The molecule has 1 aliphatic carbocycles. The standard InChI is InChI=1S/C26H26F2N4O4S/c1-25(2)23(35)32(20(13-37-25)15-6-17(27)9-18(28)7-15)12-21(33)29-19-5-4-14-10-26(11-16(14)8-19)22(34)30-24(36)31(26)3/h4-9,20H,10-13H2,1-3H3,(H,29,33)(H,30,34,36)/t20-,26+/m1/s1. The molecule has 2 aromatic carbocycles. The van der Waals surface area contributed by atoms with Crippen molar-refractivity contribution < 1.29 is 28.0 Å². The number of hydrogen-bond acceptors (Lipinski definition) is 5. The molecule has 3 aliphatic rings. The van der Waals surface area contributed by atoms with Crippen LogP contribution in [0.15, 0.2) is 36.4 Å². The maximum absolute atomic E-state index is 13.9. The van der Waals surface area contributed by atoms with Crippen LogP contribution < -0.4 is 10.6 Å². The SMILES string of the molecule is CN1C(=O)NC(=O)[C@@]12Cc1ccc(NC(=O)CN3C(=O)C(C)(C)SC[C@@H]3c3cc(F)cc(F)c3)cc1C2. The van der Waals surface area contributed by atoms with E-state index < -0.39 is 39.9 Å². The van der Waals surface area contributed by atoms with E-state index in [2.05, 4.69) is 10.6 Å². The predicted molar refractivity (Wildman–Crippen MR) is 134 cm³/mol. The number of likely N-dealkylation sites (N-methyl/N-ethyl adjacent to an activating group) is 1. The lowest BCUT2D eigenvalue weighted by Gasteiger charge is -2.42. The van der Waals surface area contributed by atoms with E-state index in [9.17, 15) is 28.0 Å². The highest BCUT2D eigenvalue weighted by Gasteiger charge is 2.54. The largest absolute Gasteiger partial charge is 0.325 e. The Morgan fingerprint density at radius 1 is 1.08 bits per heavy atom. The van der Waals surface area contributed by atoms with Crippen LogP contribution in [0.2, 0.25) is 0 Å². The van der Waals surface area contributed by atoms with Crippen molar-refractivity contribution in [2.45, 2.75) is 43.0 Å². The number of urea groups is 1. The van der Waals surface area contributed by atoms with Crippen LogP contribution in [0.25, 0.3) is 0 Å². The minimum Gasteiger partial charge on any atom is -0.325 e. The van der Waals surface area contributed by atoms with Gasteiger partial charge in [-0.15, -0.1) is 11.8 Å². The van der Waals surface area contributed by atoms with Gasteiger partial charge < -0.3 is 15.1 Å². The van der Waals surface area contributed by atoms with Crippen LogP contribution in [0.3, 0.4) is 0 Å². The maximum Gasteiger partial charge on any atom is 0.324 e. The summed E-state index contributed by atoms with van der Waals surface area (Å²) in [5, 5.41) is 5.16. The molecule has 2 aromatic rings. The predicted octanol–water partition coefficient (Wildman–Crippen LogP) is 3.02. The van der Waals surface area contributed by atoms with Crippen molar-refractivity contribution in [2.75, 3.05) is 24.7 Å². The van der Waals surface area contributed by atoms with E-state index in [4.69, 9.17) is 0 Å². The monoisotopic (exact) mass is 528 g/mol. The number of carbonyl (C=O) groups is 4. The molecular weight excluding hydrogens is 502 g/mol. The van der Waals surface area contributed by atoms with Crippen molar-refractivity contribution in [2.24, 2.45) is 0 Å². The highest BCUT2D eigenvalue weighted by molar-refractivity contribution is 8.01. The molecule has 0 bridgehead atoms. The Labute approximate surface area is 216 Å². The van der Waals surface area contributed by atoms with Crippen LogP contribution in [-0.2, 0) is 27.2 Å². The van der Waals surface area contributed by atoms with Crippen LogP contribution in [0, 0.1) is 11.6 Å². The Balaban J connectivity index is 1.34. The van der Waals surface area contributed by atoms with Gasteiger partial charge in [0.25, 0.3) is 5.91 Å². The van der Waals surface area contributed by atoms with Crippen LogP contribution in [0.4, 0.5) is 19.3 Å². The molecule has 0 aromatic heterocycles. The Morgan fingerprint density at radius 2 is 1.76 bits per heavy atom. The minimum atomic E-state index is -0.973. The molecule has 2 atom stereocenters. The number of nitrogens with one attached hydrogen (secondary N) is 2. The molecule has 194 valence electrons. The van der Waals surface area contributed by atoms with Gasteiger partial charge in [0.15, 0.2) is 0 Å². The van der Waals surface area contributed by atoms with Gasteiger partial charge in [0.1, 0.15) is 23.7 Å². The second kappa shape index (κ2) is 8.83. The first kappa shape index (κ1) is 25.2. The first-order valence-electron chi connectivity index (χ1n) is 11.8. The van der Waals surface area contributed by atoms with Crippen molar-refractivity contribution in [3.8, 4) is 0 Å². The zero-order valence-electron chi connectivity index (χ0n) is 20.6. The van der Waals surface area contributed by atoms with Crippen molar-refractivity contribution in [1.82, 2.24) is 15.1 Å². The molecule has 8 nitrogen and oxygen atoms in total. The number of anilines is 1. The molecule has 0 unspecified atom stereocenters. The molecule has 37 heavy (non-hydrogen) atoms. The lowest BCUT2D eigenvalue weighted by molar-refractivity contribution is -0.139. The van der Waals surface area contributed by atoms with E-state index in [-0.39, 0.29) is 23.9 Å². The number of imide groups is 1. The van der Waals surface area contributed by atoms with Crippen molar-refractivity contribution >= 4 is 41.2 Å². The number of amides is 5. The number of rotatable bonds is 4. The number of halogens is 2. The van der Waals surface area contributed by atoms with E-state index in [1.807, 2.05) is 6.07 Å². The zero-order chi connectivity index (χ0) is 26.7. The summed E-state index contributed by atoms with van der Waals surface area (Å²) in [5.41, 5.74) is 1.55. The van der Waals surface area contributed by atoms with E-state index in [1.54, 1.807) is 33.0 Å². The van der Waals surface area contributed by atoms with Gasteiger partial charge in [-0.3, -0.25) is 19.7 Å². The van der Waals surface area contributed by atoms with E-state index in [0.717, 1.165) is 17.2 Å². The third kappa shape index (κ3) is 4.35. The Morgan fingerprint density at radius 3 is 2.41 bits per heavy atom. The third-order valence-electron chi connectivity index (χ3n) is 7.38. The second-order valence-electron chi connectivity index (χ2n) is 10.2.